The number of Topliss-reactive ketones (excluding diaryl/α,β-unsaturated/α-hetero) is 1. The maximum absolute atomic E-state index is 12.6. The van der Waals surface area contributed by atoms with Gasteiger partial charge in [0.1, 0.15) is 11.3 Å². The van der Waals surface area contributed by atoms with E-state index in [4.69, 9.17) is 9.47 Å². The number of hydrogen-bond acceptors (Lipinski definition) is 5. The molecule has 0 bridgehead atoms. The second-order valence-corrected chi connectivity index (χ2v) is 6.22. The van der Waals surface area contributed by atoms with Crippen LogP contribution in [0.4, 0.5) is 5.69 Å². The number of benzene rings is 2. The van der Waals surface area contributed by atoms with Crippen molar-refractivity contribution in [3.05, 3.63) is 59.7 Å². The fourth-order valence-electron chi connectivity index (χ4n) is 2.60. The van der Waals surface area contributed by atoms with Gasteiger partial charge in [-0.15, -0.1) is 0 Å². The van der Waals surface area contributed by atoms with E-state index in [-0.39, 0.29) is 17.3 Å². The molecule has 0 spiro atoms. The van der Waals surface area contributed by atoms with Crippen molar-refractivity contribution in [3.8, 4) is 5.75 Å². The molecular formula is C22H25NO5. The van der Waals surface area contributed by atoms with Crippen LogP contribution in [0, 0.1) is 0 Å². The number of carbonyl (C=O) groups excluding carboxylic acids is 3. The molecule has 0 aliphatic carbocycles. The number of anilines is 1. The van der Waals surface area contributed by atoms with Crippen LogP contribution in [0.2, 0.25) is 0 Å². The van der Waals surface area contributed by atoms with E-state index < -0.39 is 12.1 Å². The molecule has 2 aromatic carbocycles. The summed E-state index contributed by atoms with van der Waals surface area (Å²) < 4.78 is 10.8. The fraction of sp³-hybridized carbons (Fsp3) is 0.318. The summed E-state index contributed by atoms with van der Waals surface area (Å²) >= 11 is 0. The van der Waals surface area contributed by atoms with Crippen LogP contribution >= 0.6 is 0 Å². The van der Waals surface area contributed by atoms with Gasteiger partial charge >= 0.3 is 5.97 Å². The Balaban J connectivity index is 2.02. The fourth-order valence-corrected chi connectivity index (χ4v) is 2.60. The molecule has 6 nitrogen and oxygen atoms in total. The SMILES string of the molecule is CCCC(=O)Nc1ccc(C(=O)C(C)OC(=O)c2ccccc2OCC)cc1. The lowest BCUT2D eigenvalue weighted by Gasteiger charge is -2.14. The molecule has 28 heavy (non-hydrogen) atoms. The van der Waals surface area contributed by atoms with Gasteiger partial charge < -0.3 is 14.8 Å². The van der Waals surface area contributed by atoms with E-state index >= 15 is 0 Å². The maximum atomic E-state index is 12.6. The van der Waals surface area contributed by atoms with E-state index in [1.807, 2.05) is 13.8 Å². The van der Waals surface area contributed by atoms with Crippen LogP contribution in [0.1, 0.15) is 54.3 Å². The van der Waals surface area contributed by atoms with Gasteiger partial charge in [0.15, 0.2) is 6.10 Å². The zero-order valence-electron chi connectivity index (χ0n) is 16.4. The highest BCUT2D eigenvalue weighted by molar-refractivity contribution is 6.02. The van der Waals surface area contributed by atoms with Crippen LogP contribution in [0.3, 0.4) is 0 Å². The Bertz CT molecular complexity index is 829. The minimum atomic E-state index is -0.956. The number of nitrogens with one attached hydrogen (secondary N) is 1. The molecule has 0 radical (unpaired) electrons. The molecule has 1 atom stereocenters. The molecule has 0 fully saturated rings. The molecule has 0 aromatic heterocycles. The highest BCUT2D eigenvalue weighted by atomic mass is 16.5. The molecule has 6 heteroatoms. The third kappa shape index (κ3) is 5.67. The number of ketones is 1. The monoisotopic (exact) mass is 383 g/mol. The molecule has 2 rings (SSSR count). The van der Waals surface area contributed by atoms with Gasteiger partial charge in [-0.3, -0.25) is 9.59 Å². The summed E-state index contributed by atoms with van der Waals surface area (Å²) in [5, 5.41) is 2.76. The average molecular weight is 383 g/mol. The van der Waals surface area contributed by atoms with Crippen LogP contribution in [-0.2, 0) is 9.53 Å². The number of rotatable bonds is 9. The Labute approximate surface area is 164 Å². The van der Waals surface area contributed by atoms with E-state index in [1.54, 1.807) is 48.5 Å². The third-order valence-electron chi connectivity index (χ3n) is 3.99. The largest absolute Gasteiger partial charge is 0.493 e. The van der Waals surface area contributed by atoms with E-state index in [1.165, 1.54) is 6.92 Å². The van der Waals surface area contributed by atoms with Crippen LogP contribution in [0.25, 0.3) is 0 Å². The van der Waals surface area contributed by atoms with Crippen LogP contribution in [-0.4, -0.2) is 30.4 Å². The van der Waals surface area contributed by atoms with Crippen LogP contribution in [0.5, 0.6) is 5.75 Å². The van der Waals surface area contributed by atoms with Gasteiger partial charge in [0.25, 0.3) is 0 Å². The van der Waals surface area contributed by atoms with Crippen molar-refractivity contribution in [2.45, 2.75) is 39.7 Å². The van der Waals surface area contributed by atoms with Gasteiger partial charge in [0.05, 0.1) is 6.61 Å². The van der Waals surface area contributed by atoms with Gasteiger partial charge in [-0.1, -0.05) is 19.1 Å². The lowest BCUT2D eigenvalue weighted by molar-refractivity contribution is -0.116. The highest BCUT2D eigenvalue weighted by Crippen LogP contribution is 2.20. The van der Waals surface area contributed by atoms with E-state index in [0.717, 1.165) is 6.42 Å². The lowest BCUT2D eigenvalue weighted by Crippen LogP contribution is -2.24. The van der Waals surface area contributed by atoms with Crippen LogP contribution in [0.15, 0.2) is 48.5 Å². The molecule has 0 aliphatic rings. The van der Waals surface area contributed by atoms with Gasteiger partial charge in [-0.25, -0.2) is 4.79 Å². The summed E-state index contributed by atoms with van der Waals surface area (Å²) in [6, 6.07) is 13.2. The molecule has 1 unspecified atom stereocenters. The molecule has 0 saturated heterocycles. The second kappa shape index (κ2) is 10.3. The van der Waals surface area contributed by atoms with E-state index in [2.05, 4.69) is 5.32 Å². The standard InChI is InChI=1S/C22H25NO5/c1-4-8-20(24)23-17-13-11-16(12-14-17)21(25)15(3)28-22(26)18-9-6-7-10-19(18)27-5-2/h6-7,9-15H,4-5,8H2,1-3H3,(H,23,24). The van der Waals surface area contributed by atoms with Gasteiger partial charge in [-0.2, -0.15) is 0 Å². The maximum Gasteiger partial charge on any atom is 0.342 e. The Morgan fingerprint density at radius 1 is 1.00 bits per heavy atom. The highest BCUT2D eigenvalue weighted by Gasteiger charge is 2.22. The minimum Gasteiger partial charge on any atom is -0.493 e. The Hall–Kier alpha value is -3.15. The summed E-state index contributed by atoms with van der Waals surface area (Å²) in [4.78, 5) is 36.6. The number of carbonyl (C=O) groups is 3. The summed E-state index contributed by atoms with van der Waals surface area (Å²) in [5.74, 6) is -0.597. The molecule has 1 N–H and O–H groups in total. The second-order valence-electron chi connectivity index (χ2n) is 6.22. The quantitative estimate of drug-likeness (QED) is 0.517. The molecule has 0 saturated carbocycles. The molecule has 0 aliphatic heterocycles. The van der Waals surface area contributed by atoms with E-state index in [9.17, 15) is 14.4 Å². The Morgan fingerprint density at radius 2 is 1.68 bits per heavy atom. The van der Waals surface area contributed by atoms with Crippen LogP contribution < -0.4 is 10.1 Å². The molecule has 2 aromatic rings. The predicted molar refractivity (Wildman–Crippen MR) is 107 cm³/mol. The summed E-state index contributed by atoms with van der Waals surface area (Å²) in [5.41, 5.74) is 1.29. The third-order valence-corrected chi connectivity index (χ3v) is 3.99. The van der Waals surface area contributed by atoms with Crippen molar-refractivity contribution in [3.63, 3.8) is 0 Å². The van der Waals surface area contributed by atoms with Crippen molar-refractivity contribution >= 4 is 23.3 Å². The zero-order chi connectivity index (χ0) is 20.5. The smallest absolute Gasteiger partial charge is 0.342 e. The predicted octanol–water partition coefficient (Wildman–Crippen LogP) is 4.25. The summed E-state index contributed by atoms with van der Waals surface area (Å²) in [6.07, 6.45) is 0.247. The first-order valence-corrected chi connectivity index (χ1v) is 9.33. The van der Waals surface area contributed by atoms with Crippen molar-refractivity contribution in [2.75, 3.05) is 11.9 Å². The van der Waals surface area contributed by atoms with Gasteiger partial charge in [0.2, 0.25) is 11.7 Å². The van der Waals surface area contributed by atoms with E-state index in [0.29, 0.717) is 30.0 Å². The number of esters is 1. The zero-order valence-corrected chi connectivity index (χ0v) is 16.4. The first-order valence-electron chi connectivity index (χ1n) is 9.33. The first-order chi connectivity index (χ1) is 13.5. The van der Waals surface area contributed by atoms with Crippen molar-refractivity contribution in [2.24, 2.45) is 0 Å². The lowest BCUT2D eigenvalue weighted by atomic mass is 10.1. The Morgan fingerprint density at radius 3 is 2.32 bits per heavy atom. The topological polar surface area (TPSA) is 81.7 Å². The average Bonchev–Trinajstić information content (AvgIpc) is 2.68. The number of ether oxygens (including phenoxy) is 2. The number of para-hydroxylation sites is 1. The summed E-state index contributed by atoms with van der Waals surface area (Å²) in [7, 11) is 0. The summed E-state index contributed by atoms with van der Waals surface area (Å²) in [6.45, 7) is 5.69. The number of hydrogen-bond donors (Lipinski definition) is 1. The van der Waals surface area contributed by atoms with Crippen molar-refractivity contribution in [1.29, 1.82) is 0 Å². The normalized spacial score (nSPS) is 11.4. The molecular weight excluding hydrogens is 358 g/mol. The molecule has 148 valence electrons. The first kappa shape index (κ1) is 21.2. The Kier molecular flexibility index (Phi) is 7.75. The molecule has 0 heterocycles. The number of amides is 1. The molecule has 1 amide bonds. The minimum absolute atomic E-state index is 0.0724. The van der Waals surface area contributed by atoms with Gasteiger partial charge in [-0.05, 0) is 56.7 Å². The van der Waals surface area contributed by atoms with Crippen molar-refractivity contribution < 1.29 is 23.9 Å². The van der Waals surface area contributed by atoms with Crippen molar-refractivity contribution in [1.82, 2.24) is 0 Å². The van der Waals surface area contributed by atoms with Gasteiger partial charge in [0, 0.05) is 17.7 Å².